The van der Waals surface area contributed by atoms with Crippen molar-refractivity contribution in [1.82, 2.24) is 0 Å². The fourth-order valence-corrected chi connectivity index (χ4v) is 9.04. The number of hydrogen-bond acceptors (Lipinski definition) is 7. The molecule has 0 saturated carbocycles. The molecule has 0 spiro atoms. The van der Waals surface area contributed by atoms with E-state index in [9.17, 15) is 19.0 Å². The van der Waals surface area contributed by atoms with E-state index in [0.29, 0.717) is 23.9 Å². The van der Waals surface area contributed by atoms with Gasteiger partial charge in [-0.15, -0.1) is 0 Å². The van der Waals surface area contributed by atoms with E-state index in [1.807, 2.05) is 21.1 Å². The minimum atomic E-state index is -4.42. The van der Waals surface area contributed by atoms with E-state index in [1.165, 1.54) is 64.2 Å². The topological polar surface area (TPSA) is 108 Å². The van der Waals surface area contributed by atoms with Crippen LogP contribution < -0.4 is 0 Å². The molecule has 0 aromatic heterocycles. The Morgan fingerprint density at radius 1 is 0.372 bits per heavy atom. The van der Waals surface area contributed by atoms with Crippen LogP contribution in [0.2, 0.25) is 0 Å². The highest BCUT2D eigenvalue weighted by Gasteiger charge is 2.27. The highest BCUT2D eigenvalue weighted by molar-refractivity contribution is 7.47. The Labute approximate surface area is 527 Å². The number of carbonyl (C=O) groups excluding carboxylic acids is 2. The Morgan fingerprint density at radius 2 is 0.663 bits per heavy atom. The summed E-state index contributed by atoms with van der Waals surface area (Å²) in [6, 6.07) is 0. The third kappa shape index (κ3) is 68.2. The predicted octanol–water partition coefficient (Wildman–Crippen LogP) is 21.9. The lowest BCUT2D eigenvalue weighted by molar-refractivity contribution is -0.870. The first-order valence-corrected chi connectivity index (χ1v) is 35.0. The zero-order valence-corrected chi connectivity index (χ0v) is 55.9. The number of allylic oxidation sites excluding steroid dienone is 30. The third-order valence-corrected chi connectivity index (χ3v) is 14.4. The fraction of sp³-hybridized carbons (Fsp3) is 0.579. The molecule has 0 aromatic rings. The summed E-state index contributed by atoms with van der Waals surface area (Å²) in [6.07, 6.45) is 99.8. The molecular weight excluding hydrogens is 1090 g/mol. The molecule has 0 heterocycles. The summed E-state index contributed by atoms with van der Waals surface area (Å²) in [7, 11) is 1.42. The number of carbonyl (C=O) groups is 2. The summed E-state index contributed by atoms with van der Waals surface area (Å²) in [4.78, 5) is 35.8. The maximum Gasteiger partial charge on any atom is 0.472 e. The first-order chi connectivity index (χ1) is 42.0. The number of nitrogens with zero attached hydrogens (tertiary/aromatic N) is 1. The van der Waals surface area contributed by atoms with E-state index in [4.69, 9.17) is 18.5 Å². The number of quaternary nitrogens is 1. The van der Waals surface area contributed by atoms with Gasteiger partial charge < -0.3 is 18.9 Å². The van der Waals surface area contributed by atoms with E-state index >= 15 is 0 Å². The van der Waals surface area contributed by atoms with Crippen LogP contribution in [0.15, 0.2) is 182 Å². The van der Waals surface area contributed by atoms with Gasteiger partial charge >= 0.3 is 19.8 Å². The summed E-state index contributed by atoms with van der Waals surface area (Å²) in [5.74, 6) is -0.870. The number of rotatable bonds is 59. The number of unbranched alkanes of at least 4 members (excludes halogenated alkanes) is 15. The molecule has 0 saturated heterocycles. The quantitative estimate of drug-likeness (QED) is 0.0211. The van der Waals surface area contributed by atoms with Crippen molar-refractivity contribution in [2.75, 3.05) is 47.5 Å². The molecule has 9 nitrogen and oxygen atoms in total. The molecule has 2 unspecified atom stereocenters. The zero-order chi connectivity index (χ0) is 62.6. The van der Waals surface area contributed by atoms with Crippen molar-refractivity contribution >= 4 is 19.8 Å². The van der Waals surface area contributed by atoms with Gasteiger partial charge in [0.05, 0.1) is 27.7 Å². The van der Waals surface area contributed by atoms with Crippen LogP contribution in [-0.2, 0) is 32.7 Å². The van der Waals surface area contributed by atoms with E-state index in [-0.39, 0.29) is 26.1 Å². The standard InChI is InChI=1S/C76H122NO8P/c1-6-8-10-12-14-16-18-20-22-24-26-28-30-31-32-33-34-35-36-37-38-39-40-41-42-43-44-45-47-49-51-53-55-57-59-61-63-65-67-69-76(79)85-74(73-84-86(80,81)83-71-70-77(3,4)5)72-82-75(78)68-66-64-62-60-58-56-54-52-50-48-46-29-27-25-23-21-19-17-15-13-11-9-7-2/h8,10,14,16,19-22,25-28,31-32,34-35,37-38,40-41,43-44,46-49,53,55,59,61,74H,6-7,9,11-13,15,17-18,23-24,29-30,33,36,39,42,45,50-52,54,56-58,60,62-73H2,1-5H3/p+1/b10-8-,16-14-,21-19-,22-20-,27-25-,28-26-,32-31-,35-34-,38-37-,41-40-,44-43-,48-46-,49-47-,55-53-,61-59-. The summed E-state index contributed by atoms with van der Waals surface area (Å²) >= 11 is 0. The van der Waals surface area contributed by atoms with Gasteiger partial charge in [0, 0.05) is 12.8 Å². The first-order valence-electron chi connectivity index (χ1n) is 33.5. The molecule has 1 N–H and O–H groups in total. The molecule has 0 bridgehead atoms. The van der Waals surface area contributed by atoms with Gasteiger partial charge in [-0.3, -0.25) is 18.6 Å². The molecule has 0 radical (unpaired) electrons. The Balaban J connectivity index is 4.26. The van der Waals surface area contributed by atoms with Crippen LogP contribution >= 0.6 is 7.82 Å². The van der Waals surface area contributed by atoms with Crippen molar-refractivity contribution in [3.8, 4) is 0 Å². The Morgan fingerprint density at radius 3 is 1.01 bits per heavy atom. The molecule has 0 amide bonds. The second-order valence-electron chi connectivity index (χ2n) is 22.8. The monoisotopic (exact) mass is 1210 g/mol. The molecule has 0 aliphatic rings. The summed E-state index contributed by atoms with van der Waals surface area (Å²) in [5, 5.41) is 0. The molecule has 484 valence electrons. The van der Waals surface area contributed by atoms with Crippen molar-refractivity contribution in [1.29, 1.82) is 0 Å². The van der Waals surface area contributed by atoms with E-state index in [0.717, 1.165) is 128 Å². The van der Waals surface area contributed by atoms with Crippen molar-refractivity contribution in [3.05, 3.63) is 182 Å². The average molecular weight is 1210 g/mol. The Hall–Kier alpha value is -4.89. The van der Waals surface area contributed by atoms with Gasteiger partial charge in [-0.2, -0.15) is 0 Å². The maximum atomic E-state index is 12.8. The number of phosphoric acid groups is 1. The third-order valence-electron chi connectivity index (χ3n) is 13.4. The normalized spacial score (nSPS) is 14.3. The lowest BCUT2D eigenvalue weighted by Crippen LogP contribution is -2.37. The van der Waals surface area contributed by atoms with Gasteiger partial charge in [-0.05, 0) is 141 Å². The molecule has 86 heavy (non-hydrogen) atoms. The molecule has 0 aliphatic carbocycles. The largest absolute Gasteiger partial charge is 0.472 e. The summed E-state index contributed by atoms with van der Waals surface area (Å²) in [5.41, 5.74) is 0. The lowest BCUT2D eigenvalue weighted by Gasteiger charge is -2.24. The number of esters is 2. The highest BCUT2D eigenvalue weighted by atomic mass is 31.2. The molecule has 0 rings (SSSR count). The average Bonchev–Trinajstić information content (AvgIpc) is 3.56. The lowest BCUT2D eigenvalue weighted by atomic mass is 10.1. The van der Waals surface area contributed by atoms with Gasteiger partial charge in [0.25, 0.3) is 0 Å². The minimum absolute atomic E-state index is 0.0114. The SMILES string of the molecule is CC/C=C\C/C=C\C/C=C\C/C=C\C/C=C\C/C=C\C/C=C\C/C=C\C/C=C\C/C=C\C/C=C\C/C=C\CCCCC(=O)OC(COC(=O)CCCCCCCCCC/C=C\C/C=C\C/C=C\CCCCCCC)COP(=O)(O)OCC[N+](C)(C)C. The van der Waals surface area contributed by atoms with E-state index in [1.54, 1.807) is 0 Å². The summed E-state index contributed by atoms with van der Waals surface area (Å²) in [6.45, 7) is 4.23. The smallest absolute Gasteiger partial charge is 0.462 e. The molecule has 2 atom stereocenters. The Kier molecular flexibility index (Phi) is 60.9. The molecule has 10 heteroatoms. The molecule has 0 aromatic carbocycles. The molecular formula is C76H123NO8P+. The van der Waals surface area contributed by atoms with E-state index < -0.39 is 32.5 Å². The number of likely N-dealkylation sites (N-methyl/N-ethyl adjacent to an activating group) is 1. The first kappa shape index (κ1) is 81.1. The highest BCUT2D eigenvalue weighted by Crippen LogP contribution is 2.43. The second kappa shape index (κ2) is 64.6. The Bertz CT molecular complexity index is 2100. The van der Waals surface area contributed by atoms with Gasteiger partial charge in [-0.1, -0.05) is 260 Å². The second-order valence-corrected chi connectivity index (χ2v) is 24.2. The van der Waals surface area contributed by atoms with Gasteiger partial charge in [0.15, 0.2) is 6.10 Å². The number of phosphoric ester groups is 1. The van der Waals surface area contributed by atoms with E-state index in [2.05, 4.69) is 196 Å². The van der Waals surface area contributed by atoms with Gasteiger partial charge in [0.2, 0.25) is 0 Å². The minimum Gasteiger partial charge on any atom is -0.462 e. The summed E-state index contributed by atoms with van der Waals surface area (Å²) < 4.78 is 34.6. The van der Waals surface area contributed by atoms with Crippen molar-refractivity contribution < 1.29 is 42.1 Å². The van der Waals surface area contributed by atoms with Gasteiger partial charge in [-0.25, -0.2) is 4.57 Å². The van der Waals surface area contributed by atoms with Crippen LogP contribution in [0.1, 0.15) is 232 Å². The fourth-order valence-electron chi connectivity index (χ4n) is 8.30. The van der Waals surface area contributed by atoms with Crippen LogP contribution in [0, 0.1) is 0 Å². The van der Waals surface area contributed by atoms with Gasteiger partial charge in [0.1, 0.15) is 19.8 Å². The number of ether oxygens (including phenoxy) is 2. The zero-order valence-electron chi connectivity index (χ0n) is 55.0. The van der Waals surface area contributed by atoms with Crippen molar-refractivity contribution in [2.24, 2.45) is 0 Å². The maximum absolute atomic E-state index is 12.8. The van der Waals surface area contributed by atoms with Crippen LogP contribution in [0.25, 0.3) is 0 Å². The van der Waals surface area contributed by atoms with Crippen LogP contribution in [0.5, 0.6) is 0 Å². The molecule has 0 aliphatic heterocycles. The van der Waals surface area contributed by atoms with Crippen LogP contribution in [-0.4, -0.2) is 74.9 Å². The van der Waals surface area contributed by atoms with Crippen molar-refractivity contribution in [3.63, 3.8) is 0 Å². The predicted molar refractivity (Wildman–Crippen MR) is 371 cm³/mol. The number of hydrogen-bond donors (Lipinski definition) is 1. The van der Waals surface area contributed by atoms with Crippen LogP contribution in [0.3, 0.4) is 0 Å². The molecule has 0 fully saturated rings. The van der Waals surface area contributed by atoms with Crippen molar-refractivity contribution in [2.45, 2.75) is 238 Å². The van der Waals surface area contributed by atoms with Crippen LogP contribution in [0.4, 0.5) is 0 Å².